The van der Waals surface area contributed by atoms with E-state index in [1.807, 2.05) is 47.1 Å². The van der Waals surface area contributed by atoms with Gasteiger partial charge in [-0.2, -0.15) is 5.10 Å². The van der Waals surface area contributed by atoms with Crippen LogP contribution >= 0.6 is 0 Å². The van der Waals surface area contributed by atoms with Gasteiger partial charge in [0.1, 0.15) is 5.78 Å². The van der Waals surface area contributed by atoms with Crippen molar-refractivity contribution in [3.8, 4) is 11.3 Å². The Hall–Kier alpha value is -3.08. The Morgan fingerprint density at radius 1 is 1.12 bits per heavy atom. The van der Waals surface area contributed by atoms with Crippen LogP contribution in [0, 0.1) is 5.92 Å². The van der Waals surface area contributed by atoms with Crippen molar-refractivity contribution in [2.75, 3.05) is 0 Å². The average molecular weight is 328 g/mol. The lowest BCUT2D eigenvalue weighted by Crippen LogP contribution is -2.06. The molecule has 0 atom stereocenters. The summed E-state index contributed by atoms with van der Waals surface area (Å²) < 4.78 is 1.84. The summed E-state index contributed by atoms with van der Waals surface area (Å²) in [7, 11) is 0. The van der Waals surface area contributed by atoms with Gasteiger partial charge in [-0.05, 0) is 36.4 Å². The first-order chi connectivity index (χ1) is 12.3. The molecule has 0 spiro atoms. The molecule has 122 valence electrons. The smallest absolute Gasteiger partial charge is 0.159 e. The number of rotatable bonds is 4. The van der Waals surface area contributed by atoms with E-state index in [0.717, 1.165) is 40.5 Å². The number of hydrogen-bond acceptors (Lipinski definition) is 4. The number of nitrogens with zero attached hydrogens (tertiary/aromatic N) is 4. The molecule has 4 aromatic rings. The van der Waals surface area contributed by atoms with E-state index < -0.39 is 0 Å². The monoisotopic (exact) mass is 328 g/mol. The molecule has 25 heavy (non-hydrogen) atoms. The van der Waals surface area contributed by atoms with Crippen molar-refractivity contribution in [2.24, 2.45) is 5.92 Å². The molecular weight excluding hydrogens is 312 g/mol. The number of fused-ring (bicyclic) bond motifs is 2. The number of ketones is 1. The van der Waals surface area contributed by atoms with Gasteiger partial charge >= 0.3 is 0 Å². The molecule has 5 rings (SSSR count). The number of pyridine rings is 2. The second kappa shape index (κ2) is 5.48. The van der Waals surface area contributed by atoms with Crippen molar-refractivity contribution in [1.82, 2.24) is 19.6 Å². The van der Waals surface area contributed by atoms with Crippen LogP contribution in [0.25, 0.3) is 27.7 Å². The van der Waals surface area contributed by atoms with Crippen molar-refractivity contribution in [2.45, 2.75) is 19.3 Å². The Kier molecular flexibility index (Phi) is 3.13. The van der Waals surface area contributed by atoms with Crippen LogP contribution in [0.4, 0.5) is 0 Å². The van der Waals surface area contributed by atoms with Gasteiger partial charge in [-0.15, -0.1) is 0 Å². The van der Waals surface area contributed by atoms with Gasteiger partial charge in [-0.25, -0.2) is 9.50 Å². The van der Waals surface area contributed by atoms with E-state index in [2.05, 4.69) is 21.1 Å². The molecule has 1 aliphatic rings. The number of hydrogen-bond donors (Lipinski definition) is 0. The Morgan fingerprint density at radius 2 is 2.00 bits per heavy atom. The van der Waals surface area contributed by atoms with Crippen LogP contribution < -0.4 is 0 Å². The fourth-order valence-electron chi connectivity index (χ4n) is 3.28. The highest BCUT2D eigenvalue weighted by atomic mass is 16.1. The Bertz CT molecular complexity index is 1110. The van der Waals surface area contributed by atoms with E-state index in [0.29, 0.717) is 12.2 Å². The molecule has 0 unspecified atom stereocenters. The van der Waals surface area contributed by atoms with Gasteiger partial charge in [-0.3, -0.25) is 9.78 Å². The molecule has 1 saturated carbocycles. The maximum Gasteiger partial charge on any atom is 0.159 e. The fraction of sp³-hybridized carbons (Fsp3) is 0.200. The van der Waals surface area contributed by atoms with E-state index in [1.54, 1.807) is 6.20 Å². The first kappa shape index (κ1) is 14.3. The summed E-state index contributed by atoms with van der Waals surface area (Å²) in [4.78, 5) is 20.8. The molecule has 1 fully saturated rings. The Morgan fingerprint density at radius 3 is 2.88 bits per heavy atom. The lowest BCUT2D eigenvalue weighted by molar-refractivity contribution is -0.119. The highest BCUT2D eigenvalue weighted by Gasteiger charge is 2.30. The molecule has 5 nitrogen and oxygen atoms in total. The quantitative estimate of drug-likeness (QED) is 0.575. The molecule has 0 aliphatic heterocycles. The molecule has 0 radical (unpaired) electrons. The van der Waals surface area contributed by atoms with E-state index >= 15 is 0 Å². The van der Waals surface area contributed by atoms with Crippen LogP contribution in [0.5, 0.6) is 0 Å². The summed E-state index contributed by atoms with van der Waals surface area (Å²) in [6, 6.07) is 14.1. The molecule has 0 bridgehead atoms. The van der Waals surface area contributed by atoms with Crippen LogP contribution in [0.2, 0.25) is 0 Å². The van der Waals surface area contributed by atoms with E-state index in [9.17, 15) is 4.79 Å². The van der Waals surface area contributed by atoms with Gasteiger partial charge < -0.3 is 0 Å². The second-order valence-corrected chi connectivity index (χ2v) is 6.53. The third kappa shape index (κ3) is 2.48. The molecule has 0 N–H and O–H groups in total. The predicted octanol–water partition coefficient (Wildman–Crippen LogP) is 3.47. The van der Waals surface area contributed by atoms with Crippen LogP contribution in [0.15, 0.2) is 54.9 Å². The molecule has 3 heterocycles. The largest absolute Gasteiger partial charge is 0.299 e. The summed E-state index contributed by atoms with van der Waals surface area (Å²) in [5.74, 6) is 1.09. The van der Waals surface area contributed by atoms with E-state index in [4.69, 9.17) is 0 Å². The van der Waals surface area contributed by atoms with Crippen molar-refractivity contribution < 1.29 is 4.79 Å². The summed E-state index contributed by atoms with van der Waals surface area (Å²) in [5, 5.41) is 6.82. The van der Waals surface area contributed by atoms with E-state index in [1.165, 1.54) is 0 Å². The third-order valence-corrected chi connectivity index (χ3v) is 4.73. The highest BCUT2D eigenvalue weighted by Crippen LogP contribution is 2.31. The van der Waals surface area contributed by atoms with Gasteiger partial charge in [0.05, 0.1) is 12.1 Å². The highest BCUT2D eigenvalue weighted by molar-refractivity contribution is 5.95. The van der Waals surface area contributed by atoms with Crippen LogP contribution in [-0.2, 0) is 11.2 Å². The Balaban J connectivity index is 1.65. The van der Waals surface area contributed by atoms with E-state index in [-0.39, 0.29) is 11.7 Å². The third-order valence-electron chi connectivity index (χ3n) is 4.73. The minimum absolute atomic E-state index is 0.233. The first-order valence-corrected chi connectivity index (χ1v) is 8.50. The topological polar surface area (TPSA) is 60.2 Å². The average Bonchev–Trinajstić information content (AvgIpc) is 3.41. The SMILES string of the molecule is O=C(Cc1nc2cccc(-c3cccc4cnccc34)n2n1)C1CC1. The molecule has 3 aromatic heterocycles. The standard InChI is InChI=1S/C20H16N4O/c25-18(13-7-8-13)11-19-22-20-6-2-5-17(24(20)23-19)16-4-1-3-14-12-21-10-9-15(14)16/h1-6,9-10,12-13H,7-8,11H2. The number of carbonyl (C=O) groups is 1. The zero-order valence-electron chi connectivity index (χ0n) is 13.6. The molecule has 0 saturated heterocycles. The lowest BCUT2D eigenvalue weighted by atomic mass is 10.0. The fourth-order valence-corrected chi connectivity index (χ4v) is 3.28. The molecule has 5 heteroatoms. The van der Waals surface area contributed by atoms with Gasteiger partial charge in [0, 0.05) is 29.3 Å². The van der Waals surface area contributed by atoms with Gasteiger partial charge in [0.2, 0.25) is 0 Å². The van der Waals surface area contributed by atoms with Crippen LogP contribution in [-0.4, -0.2) is 25.4 Å². The summed E-state index contributed by atoms with van der Waals surface area (Å²) in [5.41, 5.74) is 2.81. The second-order valence-electron chi connectivity index (χ2n) is 6.53. The first-order valence-electron chi connectivity index (χ1n) is 8.50. The van der Waals surface area contributed by atoms with Crippen LogP contribution in [0.3, 0.4) is 0 Å². The van der Waals surface area contributed by atoms with Gasteiger partial charge in [0.25, 0.3) is 0 Å². The zero-order chi connectivity index (χ0) is 16.8. The Labute approximate surface area is 144 Å². The summed E-state index contributed by atoms with van der Waals surface area (Å²) >= 11 is 0. The summed E-state index contributed by atoms with van der Waals surface area (Å²) in [6.45, 7) is 0. The van der Waals surface area contributed by atoms with Crippen molar-refractivity contribution in [1.29, 1.82) is 0 Å². The molecule has 1 aliphatic carbocycles. The zero-order valence-corrected chi connectivity index (χ0v) is 13.6. The maximum atomic E-state index is 12.1. The van der Waals surface area contributed by atoms with Gasteiger partial charge in [0.15, 0.2) is 11.5 Å². The number of aromatic nitrogens is 4. The minimum Gasteiger partial charge on any atom is -0.299 e. The minimum atomic E-state index is 0.233. The van der Waals surface area contributed by atoms with Crippen molar-refractivity contribution >= 4 is 22.2 Å². The maximum absolute atomic E-state index is 12.1. The number of carbonyl (C=O) groups excluding carboxylic acids is 1. The van der Waals surface area contributed by atoms with Crippen LogP contribution in [0.1, 0.15) is 18.7 Å². The molecule has 1 aromatic carbocycles. The van der Waals surface area contributed by atoms with Gasteiger partial charge in [-0.1, -0.05) is 24.3 Å². The van der Waals surface area contributed by atoms with Crippen molar-refractivity contribution in [3.63, 3.8) is 0 Å². The number of benzene rings is 1. The normalized spacial score (nSPS) is 14.2. The molecular formula is C20H16N4O. The predicted molar refractivity (Wildman–Crippen MR) is 95.2 cm³/mol. The molecule has 0 amide bonds. The number of Topliss-reactive ketones (excluding diaryl/α,β-unsaturated/α-hetero) is 1. The van der Waals surface area contributed by atoms with Crippen molar-refractivity contribution in [3.05, 3.63) is 60.7 Å². The summed E-state index contributed by atoms with van der Waals surface area (Å²) in [6.07, 6.45) is 6.02. The lowest BCUT2D eigenvalue weighted by Gasteiger charge is -2.07.